The first kappa shape index (κ1) is 22.3. The highest BCUT2D eigenvalue weighted by Gasteiger charge is 2.29. The summed E-state index contributed by atoms with van der Waals surface area (Å²) in [6, 6.07) is 12.8. The number of ether oxygens (including phenoxy) is 1. The number of benzene rings is 2. The van der Waals surface area contributed by atoms with Crippen LogP contribution in [0.2, 0.25) is 0 Å². The molecule has 7 heteroatoms. The molecule has 2 aromatic rings. The molecule has 0 radical (unpaired) electrons. The topological polar surface area (TPSA) is 79.0 Å². The molecule has 1 aliphatic rings. The number of amides is 3. The van der Waals surface area contributed by atoms with Crippen LogP contribution < -0.4 is 10.2 Å². The Balaban J connectivity index is 1.63. The van der Waals surface area contributed by atoms with Crippen LogP contribution in [0.3, 0.4) is 0 Å². The first-order valence-electron chi connectivity index (χ1n) is 10.4. The first-order valence-corrected chi connectivity index (χ1v) is 10.4. The Bertz CT molecular complexity index is 951. The summed E-state index contributed by atoms with van der Waals surface area (Å²) in [6.07, 6.45) is 1.07. The van der Waals surface area contributed by atoms with Crippen LogP contribution in [0.15, 0.2) is 42.5 Å². The average Bonchev–Trinajstić information content (AvgIpc) is 2.77. The lowest BCUT2D eigenvalue weighted by Gasteiger charge is -2.32. The summed E-state index contributed by atoms with van der Waals surface area (Å²) >= 11 is 0. The molecule has 1 unspecified atom stereocenters. The van der Waals surface area contributed by atoms with E-state index in [0.29, 0.717) is 30.0 Å². The molecule has 3 amide bonds. The lowest BCUT2D eigenvalue weighted by Crippen LogP contribution is -2.43. The number of piperidine rings is 1. The van der Waals surface area contributed by atoms with E-state index in [9.17, 15) is 14.4 Å². The van der Waals surface area contributed by atoms with Gasteiger partial charge in [0.25, 0.3) is 5.91 Å². The van der Waals surface area contributed by atoms with E-state index in [2.05, 4.69) is 5.32 Å². The minimum absolute atomic E-state index is 0.0282. The number of likely N-dealkylation sites (tertiary alicyclic amines) is 1. The molecule has 1 N–H and O–H groups in total. The molecule has 3 rings (SSSR count). The second-order valence-corrected chi connectivity index (χ2v) is 8.03. The fourth-order valence-corrected chi connectivity index (χ4v) is 3.91. The quantitative estimate of drug-likeness (QED) is 0.806. The summed E-state index contributed by atoms with van der Waals surface area (Å²) in [6.45, 7) is 5.01. The van der Waals surface area contributed by atoms with Crippen molar-refractivity contribution < 1.29 is 19.1 Å². The van der Waals surface area contributed by atoms with Gasteiger partial charge in [0.2, 0.25) is 5.91 Å². The van der Waals surface area contributed by atoms with Crippen LogP contribution >= 0.6 is 0 Å². The molecule has 1 saturated heterocycles. The number of methoxy groups -OCH3 is 1. The van der Waals surface area contributed by atoms with Gasteiger partial charge in [-0.3, -0.25) is 14.5 Å². The van der Waals surface area contributed by atoms with Gasteiger partial charge in [0.1, 0.15) is 0 Å². The van der Waals surface area contributed by atoms with Crippen LogP contribution in [-0.2, 0) is 9.53 Å². The molecule has 0 aromatic heterocycles. The number of hydrogen-bond donors (Lipinski definition) is 1. The monoisotopic (exact) mass is 423 g/mol. The molecule has 0 bridgehead atoms. The van der Waals surface area contributed by atoms with E-state index in [1.54, 1.807) is 36.2 Å². The van der Waals surface area contributed by atoms with E-state index in [0.717, 1.165) is 24.0 Å². The standard InChI is InChI=1S/C24H29N3O4/c1-16-12-17(2)14-19(13-16)23(29)27-11-5-6-18(15-27)22(28)25-20-7-9-21(10-8-20)26(3)24(30)31-4/h7-10,12-14,18H,5-6,11,15H2,1-4H3,(H,25,28). The van der Waals surface area contributed by atoms with Gasteiger partial charge in [-0.05, 0) is 63.1 Å². The van der Waals surface area contributed by atoms with Gasteiger partial charge in [-0.2, -0.15) is 0 Å². The molecule has 1 aliphatic heterocycles. The van der Waals surface area contributed by atoms with Crippen molar-refractivity contribution in [2.75, 3.05) is 37.5 Å². The number of aryl methyl sites for hydroxylation is 2. The Morgan fingerprint density at radius 2 is 1.71 bits per heavy atom. The van der Waals surface area contributed by atoms with Gasteiger partial charge in [-0.15, -0.1) is 0 Å². The maximum Gasteiger partial charge on any atom is 0.413 e. The van der Waals surface area contributed by atoms with E-state index < -0.39 is 6.09 Å². The van der Waals surface area contributed by atoms with Crippen molar-refractivity contribution in [2.45, 2.75) is 26.7 Å². The average molecular weight is 424 g/mol. The molecule has 0 saturated carbocycles. The summed E-state index contributed by atoms with van der Waals surface area (Å²) < 4.78 is 4.70. The second-order valence-electron chi connectivity index (χ2n) is 8.03. The van der Waals surface area contributed by atoms with Crippen LogP contribution in [0, 0.1) is 19.8 Å². The van der Waals surface area contributed by atoms with Crippen molar-refractivity contribution in [3.8, 4) is 0 Å². The minimum Gasteiger partial charge on any atom is -0.452 e. The smallest absolute Gasteiger partial charge is 0.413 e. The molecule has 0 spiro atoms. The number of rotatable bonds is 4. The van der Waals surface area contributed by atoms with Crippen molar-refractivity contribution >= 4 is 29.3 Å². The number of nitrogens with zero attached hydrogens (tertiary/aromatic N) is 2. The third-order valence-corrected chi connectivity index (χ3v) is 5.52. The lowest BCUT2D eigenvalue weighted by molar-refractivity contribution is -0.121. The number of anilines is 2. The normalized spacial score (nSPS) is 15.9. The summed E-state index contributed by atoms with van der Waals surface area (Å²) in [5, 5.41) is 2.93. The number of hydrogen-bond acceptors (Lipinski definition) is 4. The van der Waals surface area contributed by atoms with Gasteiger partial charge in [0.05, 0.1) is 13.0 Å². The van der Waals surface area contributed by atoms with E-state index in [1.165, 1.54) is 12.0 Å². The summed E-state index contributed by atoms with van der Waals surface area (Å²) in [5.41, 5.74) is 4.08. The third-order valence-electron chi connectivity index (χ3n) is 5.52. The number of carbonyl (C=O) groups excluding carboxylic acids is 3. The van der Waals surface area contributed by atoms with E-state index in [4.69, 9.17) is 4.74 Å². The zero-order valence-electron chi connectivity index (χ0n) is 18.5. The molecular formula is C24H29N3O4. The lowest BCUT2D eigenvalue weighted by atomic mass is 9.96. The Morgan fingerprint density at radius 1 is 1.06 bits per heavy atom. The Morgan fingerprint density at radius 3 is 2.32 bits per heavy atom. The van der Waals surface area contributed by atoms with E-state index in [1.807, 2.05) is 32.0 Å². The highest BCUT2D eigenvalue weighted by molar-refractivity contribution is 5.97. The molecule has 164 valence electrons. The number of nitrogens with one attached hydrogen (secondary N) is 1. The Labute approximate surface area is 183 Å². The maximum absolute atomic E-state index is 13.0. The molecule has 2 aromatic carbocycles. The zero-order chi connectivity index (χ0) is 22.5. The molecule has 7 nitrogen and oxygen atoms in total. The van der Waals surface area contributed by atoms with Gasteiger partial charge < -0.3 is 15.0 Å². The van der Waals surface area contributed by atoms with E-state index in [-0.39, 0.29) is 17.7 Å². The van der Waals surface area contributed by atoms with Crippen LogP contribution in [0.1, 0.15) is 34.3 Å². The highest BCUT2D eigenvalue weighted by Crippen LogP contribution is 2.23. The van der Waals surface area contributed by atoms with Crippen LogP contribution in [0.5, 0.6) is 0 Å². The van der Waals surface area contributed by atoms with Gasteiger partial charge >= 0.3 is 6.09 Å². The summed E-state index contributed by atoms with van der Waals surface area (Å²) in [5.74, 6) is -0.396. The fraction of sp³-hybridized carbons (Fsp3) is 0.375. The first-order chi connectivity index (χ1) is 14.8. The fourth-order valence-electron chi connectivity index (χ4n) is 3.91. The van der Waals surface area contributed by atoms with Crippen molar-refractivity contribution in [3.63, 3.8) is 0 Å². The molecule has 0 aliphatic carbocycles. The largest absolute Gasteiger partial charge is 0.452 e. The van der Waals surface area contributed by atoms with Crippen LogP contribution in [0.4, 0.5) is 16.2 Å². The van der Waals surface area contributed by atoms with Crippen molar-refractivity contribution in [1.29, 1.82) is 0 Å². The van der Waals surface area contributed by atoms with Crippen molar-refractivity contribution in [1.82, 2.24) is 4.90 Å². The van der Waals surface area contributed by atoms with Gasteiger partial charge in [-0.1, -0.05) is 17.2 Å². The Hall–Kier alpha value is -3.35. The van der Waals surface area contributed by atoms with Gasteiger partial charge in [0, 0.05) is 37.1 Å². The minimum atomic E-state index is -0.465. The molecule has 1 fully saturated rings. The third kappa shape index (κ3) is 5.42. The molecular weight excluding hydrogens is 394 g/mol. The van der Waals surface area contributed by atoms with Crippen molar-refractivity contribution in [2.24, 2.45) is 5.92 Å². The van der Waals surface area contributed by atoms with Gasteiger partial charge in [0.15, 0.2) is 0 Å². The SMILES string of the molecule is COC(=O)N(C)c1ccc(NC(=O)C2CCCN(C(=O)c3cc(C)cc(C)c3)C2)cc1. The maximum atomic E-state index is 13.0. The number of carbonyl (C=O) groups is 3. The summed E-state index contributed by atoms with van der Waals surface area (Å²) in [4.78, 5) is 40.5. The van der Waals surface area contributed by atoms with Crippen LogP contribution in [0.25, 0.3) is 0 Å². The predicted molar refractivity (Wildman–Crippen MR) is 120 cm³/mol. The predicted octanol–water partition coefficient (Wildman–Crippen LogP) is 4.00. The summed E-state index contributed by atoms with van der Waals surface area (Å²) in [7, 11) is 2.94. The zero-order valence-corrected chi connectivity index (χ0v) is 18.5. The molecule has 31 heavy (non-hydrogen) atoms. The highest BCUT2D eigenvalue weighted by atomic mass is 16.5. The Kier molecular flexibility index (Phi) is 6.95. The van der Waals surface area contributed by atoms with Crippen LogP contribution in [-0.4, -0.2) is 50.1 Å². The molecule has 1 heterocycles. The van der Waals surface area contributed by atoms with Gasteiger partial charge in [-0.25, -0.2) is 4.79 Å². The van der Waals surface area contributed by atoms with Crippen molar-refractivity contribution in [3.05, 3.63) is 59.2 Å². The molecule has 1 atom stereocenters. The second kappa shape index (κ2) is 9.64. The van der Waals surface area contributed by atoms with E-state index >= 15 is 0 Å².